The van der Waals surface area contributed by atoms with Gasteiger partial charge >= 0.3 is 11.7 Å². The number of para-hydroxylation sites is 1. The summed E-state index contributed by atoms with van der Waals surface area (Å²) in [5, 5.41) is 8.05. The lowest BCUT2D eigenvalue weighted by atomic mass is 10.0. The van der Waals surface area contributed by atoms with E-state index < -0.39 is 11.7 Å². The van der Waals surface area contributed by atoms with Gasteiger partial charge in [-0.1, -0.05) is 29.3 Å². The maximum atomic E-state index is 12.9. The van der Waals surface area contributed by atoms with Crippen molar-refractivity contribution in [2.45, 2.75) is 25.8 Å². The Bertz CT molecular complexity index is 836. The van der Waals surface area contributed by atoms with Crippen LogP contribution in [0.2, 0.25) is 10.0 Å². The third kappa shape index (κ3) is 3.49. The summed E-state index contributed by atoms with van der Waals surface area (Å²) in [7, 11) is 2.05. The first-order chi connectivity index (χ1) is 12.4. The molecule has 1 aliphatic rings. The van der Waals surface area contributed by atoms with Crippen LogP contribution in [-0.2, 0) is 0 Å². The van der Waals surface area contributed by atoms with Crippen LogP contribution in [0, 0.1) is 0 Å². The van der Waals surface area contributed by atoms with Gasteiger partial charge in [-0.25, -0.2) is 9.59 Å². The number of carbonyl (C=O) groups excluding carboxylic acids is 1. The van der Waals surface area contributed by atoms with E-state index in [4.69, 9.17) is 23.2 Å². The molecule has 0 radical (unpaired) electrons. The molecule has 2 aromatic rings. The summed E-state index contributed by atoms with van der Waals surface area (Å²) in [5.41, 5.74) is -0.487. The Morgan fingerprint density at radius 1 is 1.23 bits per heavy atom. The van der Waals surface area contributed by atoms with Crippen LogP contribution in [0.4, 0.5) is 4.79 Å². The lowest BCUT2D eigenvalue weighted by Gasteiger charge is -2.36. The molecule has 0 N–H and O–H groups in total. The molecule has 3 rings (SSSR count). The number of hydrogen-bond acceptors (Lipinski definition) is 5. The number of aromatic nitrogens is 4. The second kappa shape index (κ2) is 7.77. The summed E-state index contributed by atoms with van der Waals surface area (Å²) in [6, 6.07) is 4.43. The number of hydrogen-bond donors (Lipinski definition) is 0. The van der Waals surface area contributed by atoms with Crippen molar-refractivity contribution in [2.75, 3.05) is 26.7 Å². The fourth-order valence-corrected chi connectivity index (χ4v) is 3.73. The molecule has 0 aliphatic carbocycles. The van der Waals surface area contributed by atoms with E-state index in [-0.39, 0.29) is 21.8 Å². The molecule has 1 saturated heterocycles. The Morgan fingerprint density at radius 3 is 2.42 bits per heavy atom. The van der Waals surface area contributed by atoms with Gasteiger partial charge in [0.25, 0.3) is 0 Å². The van der Waals surface area contributed by atoms with Crippen molar-refractivity contribution in [3.8, 4) is 5.69 Å². The fourth-order valence-electron chi connectivity index (χ4n) is 3.18. The molecule has 0 saturated carbocycles. The summed E-state index contributed by atoms with van der Waals surface area (Å²) in [5.74, 6) is 0. The SMILES string of the molecule is CCN(C(=O)n1nnn(-c2c(Cl)cccc2Cl)c1=O)C1CCN(C)CC1. The Labute approximate surface area is 160 Å². The number of amides is 1. The molecule has 10 heteroatoms. The first-order valence-electron chi connectivity index (χ1n) is 8.43. The molecule has 26 heavy (non-hydrogen) atoms. The van der Waals surface area contributed by atoms with E-state index in [1.165, 1.54) is 0 Å². The van der Waals surface area contributed by atoms with E-state index >= 15 is 0 Å². The Balaban J connectivity index is 1.91. The monoisotopic (exact) mass is 398 g/mol. The van der Waals surface area contributed by atoms with E-state index in [0.29, 0.717) is 6.54 Å². The van der Waals surface area contributed by atoms with Crippen molar-refractivity contribution < 1.29 is 4.79 Å². The first-order valence-corrected chi connectivity index (χ1v) is 9.18. The van der Waals surface area contributed by atoms with E-state index in [1.54, 1.807) is 23.1 Å². The fraction of sp³-hybridized carbons (Fsp3) is 0.500. The van der Waals surface area contributed by atoms with Crippen molar-refractivity contribution in [2.24, 2.45) is 0 Å². The predicted molar refractivity (Wildman–Crippen MR) is 99.3 cm³/mol. The van der Waals surface area contributed by atoms with Crippen molar-refractivity contribution in [1.29, 1.82) is 0 Å². The van der Waals surface area contributed by atoms with Crippen molar-refractivity contribution in [3.63, 3.8) is 0 Å². The van der Waals surface area contributed by atoms with Crippen LogP contribution in [0.3, 0.4) is 0 Å². The third-order valence-electron chi connectivity index (χ3n) is 4.63. The summed E-state index contributed by atoms with van der Waals surface area (Å²) in [6.07, 6.45) is 1.71. The number of tetrazole rings is 1. The van der Waals surface area contributed by atoms with Crippen LogP contribution in [-0.4, -0.2) is 68.3 Å². The van der Waals surface area contributed by atoms with Crippen LogP contribution in [0.25, 0.3) is 5.69 Å². The molecule has 1 aromatic carbocycles. The van der Waals surface area contributed by atoms with Gasteiger partial charge in [0.2, 0.25) is 0 Å². The highest BCUT2D eigenvalue weighted by Crippen LogP contribution is 2.26. The molecule has 0 spiro atoms. The molecule has 1 fully saturated rings. The van der Waals surface area contributed by atoms with Gasteiger partial charge in [-0.2, -0.15) is 4.68 Å². The number of piperidine rings is 1. The molecular weight excluding hydrogens is 379 g/mol. The zero-order valence-electron chi connectivity index (χ0n) is 14.6. The van der Waals surface area contributed by atoms with E-state index in [1.807, 2.05) is 6.92 Å². The van der Waals surface area contributed by atoms with Crippen LogP contribution in [0.15, 0.2) is 23.0 Å². The molecular formula is C16H20Cl2N6O2. The molecule has 0 atom stereocenters. The lowest BCUT2D eigenvalue weighted by molar-refractivity contribution is 0.133. The topological polar surface area (TPSA) is 76.3 Å². The quantitative estimate of drug-likeness (QED) is 0.740. The van der Waals surface area contributed by atoms with E-state index in [2.05, 4.69) is 22.4 Å². The standard InChI is InChI=1S/C16H20Cl2N6O2/c1-3-22(11-7-9-21(2)10-8-11)15(25)24-16(26)23(19-20-24)14-12(17)5-4-6-13(14)18/h4-6,11H,3,7-10H2,1-2H3. The van der Waals surface area contributed by atoms with Gasteiger partial charge in [0.1, 0.15) is 5.69 Å². The van der Waals surface area contributed by atoms with Crippen LogP contribution < -0.4 is 5.69 Å². The van der Waals surface area contributed by atoms with Crippen molar-refractivity contribution in [3.05, 3.63) is 38.7 Å². The van der Waals surface area contributed by atoms with Gasteiger partial charge in [0, 0.05) is 12.6 Å². The number of likely N-dealkylation sites (tertiary alicyclic amines) is 1. The van der Waals surface area contributed by atoms with Gasteiger partial charge in [-0.05, 0) is 62.5 Å². The van der Waals surface area contributed by atoms with Crippen LogP contribution >= 0.6 is 23.2 Å². The number of rotatable bonds is 3. The smallest absolute Gasteiger partial charge is 0.320 e. The van der Waals surface area contributed by atoms with Gasteiger partial charge in [-0.3, -0.25) is 0 Å². The minimum atomic E-state index is -0.698. The first kappa shape index (κ1) is 18.9. The molecule has 0 unspecified atom stereocenters. The minimum absolute atomic E-state index is 0.0738. The van der Waals surface area contributed by atoms with Gasteiger partial charge < -0.3 is 9.80 Å². The second-order valence-electron chi connectivity index (χ2n) is 6.26. The predicted octanol–water partition coefficient (Wildman–Crippen LogP) is 2.12. The Morgan fingerprint density at radius 2 is 1.85 bits per heavy atom. The molecule has 1 aromatic heterocycles. The normalized spacial score (nSPS) is 16.0. The second-order valence-corrected chi connectivity index (χ2v) is 7.07. The van der Waals surface area contributed by atoms with Gasteiger partial charge in [0.05, 0.1) is 10.0 Å². The molecule has 8 nitrogen and oxygen atoms in total. The molecule has 140 valence electrons. The zero-order chi connectivity index (χ0) is 18.8. The minimum Gasteiger partial charge on any atom is -0.320 e. The Kier molecular flexibility index (Phi) is 5.64. The molecule has 0 bridgehead atoms. The number of nitrogens with zero attached hydrogens (tertiary/aromatic N) is 6. The average Bonchev–Trinajstić information content (AvgIpc) is 2.98. The van der Waals surface area contributed by atoms with E-state index in [0.717, 1.165) is 35.3 Å². The van der Waals surface area contributed by atoms with E-state index in [9.17, 15) is 9.59 Å². The largest absolute Gasteiger partial charge is 0.377 e. The molecule has 1 amide bonds. The highest BCUT2D eigenvalue weighted by atomic mass is 35.5. The van der Waals surface area contributed by atoms with Gasteiger partial charge in [0.15, 0.2) is 0 Å². The molecule has 1 aliphatic heterocycles. The number of benzene rings is 1. The van der Waals surface area contributed by atoms with Gasteiger partial charge in [-0.15, -0.1) is 4.68 Å². The van der Waals surface area contributed by atoms with Crippen LogP contribution in [0.5, 0.6) is 0 Å². The van der Waals surface area contributed by atoms with Crippen molar-refractivity contribution in [1.82, 2.24) is 29.6 Å². The number of halogens is 2. The maximum absolute atomic E-state index is 12.9. The summed E-state index contributed by atoms with van der Waals surface area (Å²) in [6.45, 7) is 4.19. The lowest BCUT2D eigenvalue weighted by Crippen LogP contribution is -2.50. The Hall–Kier alpha value is -1.90. The molecule has 2 heterocycles. The average molecular weight is 399 g/mol. The highest BCUT2D eigenvalue weighted by molar-refractivity contribution is 6.37. The summed E-state index contributed by atoms with van der Waals surface area (Å²) < 4.78 is 1.71. The summed E-state index contributed by atoms with van der Waals surface area (Å²) in [4.78, 5) is 29.5. The third-order valence-corrected chi connectivity index (χ3v) is 5.24. The maximum Gasteiger partial charge on any atom is 0.377 e. The van der Waals surface area contributed by atoms with Crippen molar-refractivity contribution >= 4 is 29.2 Å². The van der Waals surface area contributed by atoms with Crippen LogP contribution in [0.1, 0.15) is 19.8 Å². The number of carbonyl (C=O) groups is 1. The summed E-state index contributed by atoms with van der Waals surface area (Å²) >= 11 is 12.3. The highest BCUT2D eigenvalue weighted by Gasteiger charge is 2.29. The zero-order valence-corrected chi connectivity index (χ0v) is 16.1.